The molecule has 2 aromatic heterocycles. The lowest BCUT2D eigenvalue weighted by molar-refractivity contribution is 0.277. The van der Waals surface area contributed by atoms with E-state index in [1.807, 2.05) is 0 Å². The van der Waals surface area contributed by atoms with Crippen LogP contribution in [-0.4, -0.2) is 25.1 Å². The van der Waals surface area contributed by atoms with E-state index in [4.69, 9.17) is 9.52 Å². The molecule has 0 aliphatic rings. The van der Waals surface area contributed by atoms with E-state index in [1.54, 1.807) is 18.4 Å². The molecule has 0 unspecified atom stereocenters. The second-order valence-corrected chi connectivity index (χ2v) is 5.51. The Kier molecular flexibility index (Phi) is 3.85. The van der Waals surface area contributed by atoms with E-state index in [1.165, 1.54) is 12.3 Å². The molecule has 2 heterocycles. The maximum atomic E-state index is 11.8. The smallest absolute Gasteiger partial charge is 0.242 e. The summed E-state index contributed by atoms with van der Waals surface area (Å²) in [6.45, 7) is 0.0391. The van der Waals surface area contributed by atoms with Crippen molar-refractivity contribution >= 4 is 10.0 Å². The maximum absolute atomic E-state index is 11.8. The number of hydrogen-bond acceptors (Lipinski definition) is 4. The number of rotatable bonds is 6. The topological polar surface area (TPSA) is 95.3 Å². The van der Waals surface area contributed by atoms with Crippen molar-refractivity contribution < 1.29 is 17.9 Å². The van der Waals surface area contributed by atoms with E-state index < -0.39 is 10.0 Å². The molecule has 3 N–H and O–H groups in total. The molecule has 0 aliphatic carbocycles. The Morgan fingerprint density at radius 2 is 2.28 bits per heavy atom. The molecule has 2 rings (SSSR count). The van der Waals surface area contributed by atoms with E-state index in [0.29, 0.717) is 12.1 Å². The molecule has 0 amide bonds. The molecule has 0 fully saturated rings. The summed E-state index contributed by atoms with van der Waals surface area (Å²) in [5, 5.41) is 8.86. The third kappa shape index (κ3) is 3.00. The van der Waals surface area contributed by atoms with Crippen LogP contribution >= 0.6 is 0 Å². The molecule has 18 heavy (non-hydrogen) atoms. The highest BCUT2D eigenvalue weighted by atomic mass is 32.2. The zero-order valence-corrected chi connectivity index (χ0v) is 10.4. The maximum Gasteiger partial charge on any atom is 0.242 e. The SMILES string of the molecule is O=S(=O)(NCCc1ccco1)c1c[nH]c(CO)c1. The first-order valence-electron chi connectivity index (χ1n) is 5.42. The number of furan rings is 1. The summed E-state index contributed by atoms with van der Waals surface area (Å²) in [6, 6.07) is 4.94. The van der Waals surface area contributed by atoms with Gasteiger partial charge in [-0.25, -0.2) is 13.1 Å². The molecule has 2 aromatic rings. The normalized spacial score (nSPS) is 11.8. The van der Waals surface area contributed by atoms with Crippen molar-refractivity contribution in [2.45, 2.75) is 17.9 Å². The monoisotopic (exact) mass is 270 g/mol. The van der Waals surface area contributed by atoms with Gasteiger partial charge in [-0.3, -0.25) is 0 Å². The summed E-state index contributed by atoms with van der Waals surface area (Å²) in [5.74, 6) is 0.725. The van der Waals surface area contributed by atoms with Gasteiger partial charge >= 0.3 is 0 Å². The van der Waals surface area contributed by atoms with E-state index in [-0.39, 0.29) is 18.0 Å². The van der Waals surface area contributed by atoms with E-state index >= 15 is 0 Å². The molecule has 6 nitrogen and oxygen atoms in total. The van der Waals surface area contributed by atoms with Crippen molar-refractivity contribution in [2.24, 2.45) is 0 Å². The first-order valence-corrected chi connectivity index (χ1v) is 6.90. The second kappa shape index (κ2) is 5.38. The summed E-state index contributed by atoms with van der Waals surface area (Å²) in [7, 11) is -3.54. The number of aliphatic hydroxyl groups excluding tert-OH is 1. The molecule has 0 bridgehead atoms. The molecule has 0 atom stereocenters. The zero-order valence-electron chi connectivity index (χ0n) is 9.59. The van der Waals surface area contributed by atoms with Crippen LogP contribution < -0.4 is 4.72 Å². The van der Waals surface area contributed by atoms with Crippen LogP contribution in [0.2, 0.25) is 0 Å². The van der Waals surface area contributed by atoms with Crippen LogP contribution in [0.5, 0.6) is 0 Å². The molecule has 0 aromatic carbocycles. The highest BCUT2D eigenvalue weighted by molar-refractivity contribution is 7.89. The Labute approximate surface area is 105 Å². The van der Waals surface area contributed by atoms with Gasteiger partial charge in [-0.05, 0) is 18.2 Å². The molecular weight excluding hydrogens is 256 g/mol. The van der Waals surface area contributed by atoms with Crippen molar-refractivity contribution in [3.63, 3.8) is 0 Å². The fourth-order valence-corrected chi connectivity index (χ4v) is 2.56. The molecule has 0 spiro atoms. The van der Waals surface area contributed by atoms with Gasteiger partial charge in [0.05, 0.1) is 17.8 Å². The van der Waals surface area contributed by atoms with Crippen molar-refractivity contribution in [1.82, 2.24) is 9.71 Å². The largest absolute Gasteiger partial charge is 0.469 e. The first kappa shape index (κ1) is 12.9. The Morgan fingerprint density at radius 3 is 2.89 bits per heavy atom. The van der Waals surface area contributed by atoms with Gasteiger partial charge in [-0.15, -0.1) is 0 Å². The average Bonchev–Trinajstić information content (AvgIpc) is 2.99. The van der Waals surface area contributed by atoms with Crippen molar-refractivity contribution in [1.29, 1.82) is 0 Å². The highest BCUT2D eigenvalue weighted by Crippen LogP contribution is 2.10. The first-order chi connectivity index (χ1) is 8.62. The molecule has 0 saturated carbocycles. The van der Waals surface area contributed by atoms with Crippen LogP contribution in [0.4, 0.5) is 0 Å². The van der Waals surface area contributed by atoms with Crippen molar-refractivity contribution in [3.8, 4) is 0 Å². The van der Waals surface area contributed by atoms with Crippen LogP contribution in [0.15, 0.2) is 40.0 Å². The van der Waals surface area contributed by atoms with Crippen LogP contribution in [0, 0.1) is 0 Å². The summed E-state index contributed by atoms with van der Waals surface area (Å²) >= 11 is 0. The minimum atomic E-state index is -3.54. The Hall–Kier alpha value is -1.57. The number of aromatic amines is 1. The van der Waals surface area contributed by atoms with Gasteiger partial charge in [0.2, 0.25) is 10.0 Å². The Balaban J connectivity index is 1.95. The van der Waals surface area contributed by atoms with Crippen LogP contribution in [-0.2, 0) is 23.1 Å². The number of sulfonamides is 1. The molecular formula is C11H14N2O4S. The molecule has 0 radical (unpaired) electrons. The summed E-state index contributed by atoms with van der Waals surface area (Å²) in [6.07, 6.45) is 3.38. The molecule has 0 saturated heterocycles. The van der Waals surface area contributed by atoms with Gasteiger partial charge < -0.3 is 14.5 Å². The lowest BCUT2D eigenvalue weighted by atomic mass is 10.3. The van der Waals surface area contributed by atoms with Gasteiger partial charge in [0.1, 0.15) is 5.76 Å². The third-order valence-electron chi connectivity index (χ3n) is 2.44. The van der Waals surface area contributed by atoms with Crippen molar-refractivity contribution in [2.75, 3.05) is 6.54 Å². The highest BCUT2D eigenvalue weighted by Gasteiger charge is 2.15. The molecule has 98 valence electrons. The fraction of sp³-hybridized carbons (Fsp3) is 0.273. The molecule has 0 aliphatic heterocycles. The minimum Gasteiger partial charge on any atom is -0.469 e. The number of aromatic nitrogens is 1. The van der Waals surface area contributed by atoms with Crippen LogP contribution in [0.1, 0.15) is 11.5 Å². The van der Waals surface area contributed by atoms with Gasteiger partial charge in [0.15, 0.2) is 0 Å². The minimum absolute atomic E-state index is 0.117. The summed E-state index contributed by atoms with van der Waals surface area (Å²) < 4.78 is 31.3. The fourth-order valence-electron chi connectivity index (χ4n) is 1.51. The number of aliphatic hydroxyl groups is 1. The van der Waals surface area contributed by atoms with Crippen LogP contribution in [0.25, 0.3) is 0 Å². The molecule has 7 heteroatoms. The second-order valence-electron chi connectivity index (χ2n) is 3.75. The van der Waals surface area contributed by atoms with Gasteiger partial charge in [-0.2, -0.15) is 0 Å². The average molecular weight is 270 g/mol. The lowest BCUT2D eigenvalue weighted by Gasteiger charge is -2.03. The van der Waals surface area contributed by atoms with E-state index in [0.717, 1.165) is 5.76 Å². The van der Waals surface area contributed by atoms with Crippen molar-refractivity contribution in [3.05, 3.63) is 42.1 Å². The number of hydrogen-bond donors (Lipinski definition) is 3. The third-order valence-corrected chi connectivity index (χ3v) is 3.88. The quantitative estimate of drug-likeness (QED) is 0.717. The standard InChI is InChI=1S/C11H14N2O4S/c14-8-9-6-11(7-12-9)18(15,16)13-4-3-10-2-1-5-17-10/h1-2,5-7,12-14H,3-4,8H2. The van der Waals surface area contributed by atoms with E-state index in [9.17, 15) is 8.42 Å². The van der Waals surface area contributed by atoms with E-state index in [2.05, 4.69) is 9.71 Å². The number of nitrogens with one attached hydrogen (secondary N) is 2. The Bertz CT molecular complexity index is 586. The van der Waals surface area contributed by atoms with Gasteiger partial charge in [0.25, 0.3) is 0 Å². The summed E-state index contributed by atoms with van der Waals surface area (Å²) in [4.78, 5) is 2.79. The van der Waals surface area contributed by atoms with Gasteiger partial charge in [0, 0.05) is 24.9 Å². The Morgan fingerprint density at radius 1 is 1.44 bits per heavy atom. The van der Waals surface area contributed by atoms with Gasteiger partial charge in [-0.1, -0.05) is 0 Å². The predicted molar refractivity (Wildman–Crippen MR) is 64.3 cm³/mol. The summed E-state index contributed by atoms with van der Waals surface area (Å²) in [5.41, 5.74) is 0.460. The zero-order chi connectivity index (χ0) is 13.0. The lowest BCUT2D eigenvalue weighted by Crippen LogP contribution is -2.25. The van der Waals surface area contributed by atoms with Crippen LogP contribution in [0.3, 0.4) is 0 Å². The number of H-pyrrole nitrogens is 1. The predicted octanol–water partition coefficient (Wildman–Crippen LogP) is 0.621.